The molecule has 1 aromatic carbocycles. The lowest BCUT2D eigenvalue weighted by Gasteiger charge is -2.24. The molecule has 1 aliphatic rings. The second-order valence-electron chi connectivity index (χ2n) is 8.41. The fourth-order valence-corrected chi connectivity index (χ4v) is 3.01. The molecule has 1 aliphatic heterocycles. The Labute approximate surface area is 172 Å². The van der Waals surface area contributed by atoms with Crippen molar-refractivity contribution in [1.82, 2.24) is 5.32 Å². The Kier molecular flexibility index (Phi) is 8.00. The van der Waals surface area contributed by atoms with Crippen LogP contribution in [0.25, 0.3) is 0 Å². The molecule has 6 nitrogen and oxygen atoms in total. The number of rotatable bonds is 3. The predicted octanol–water partition coefficient (Wildman–Crippen LogP) is 3.72. The van der Waals surface area contributed by atoms with Gasteiger partial charge in [0.25, 0.3) is 0 Å². The van der Waals surface area contributed by atoms with Crippen LogP contribution in [0.5, 0.6) is 0 Å². The van der Waals surface area contributed by atoms with Gasteiger partial charge in [0.05, 0.1) is 24.8 Å². The van der Waals surface area contributed by atoms with Gasteiger partial charge in [-0.1, -0.05) is 49.4 Å². The molecule has 2 rings (SSSR count). The SMILES string of the molecule is C[C@H]1CC=CC[C@@H](CC(=O)OC(C)(C)C)C(=O)NC[C@@H](c2ccccc2)OC1=O. The number of hydrogen-bond acceptors (Lipinski definition) is 5. The fourth-order valence-electron chi connectivity index (χ4n) is 3.01. The van der Waals surface area contributed by atoms with Gasteiger partial charge < -0.3 is 14.8 Å². The minimum Gasteiger partial charge on any atom is -0.460 e. The van der Waals surface area contributed by atoms with E-state index in [1.54, 1.807) is 20.8 Å². The van der Waals surface area contributed by atoms with Gasteiger partial charge in [-0.05, 0) is 39.2 Å². The number of esters is 2. The van der Waals surface area contributed by atoms with E-state index in [1.807, 2.05) is 49.4 Å². The highest BCUT2D eigenvalue weighted by Gasteiger charge is 2.27. The van der Waals surface area contributed by atoms with Crippen LogP contribution < -0.4 is 5.32 Å². The van der Waals surface area contributed by atoms with Crippen LogP contribution in [0, 0.1) is 11.8 Å². The first-order valence-electron chi connectivity index (χ1n) is 10.1. The average molecular weight is 402 g/mol. The third-order valence-electron chi connectivity index (χ3n) is 4.57. The Morgan fingerprint density at radius 3 is 2.45 bits per heavy atom. The first-order valence-corrected chi connectivity index (χ1v) is 10.1. The minimum absolute atomic E-state index is 0.00120. The highest BCUT2D eigenvalue weighted by Crippen LogP contribution is 2.22. The monoisotopic (exact) mass is 401 g/mol. The van der Waals surface area contributed by atoms with Gasteiger partial charge in [-0.3, -0.25) is 14.4 Å². The van der Waals surface area contributed by atoms with Crippen molar-refractivity contribution >= 4 is 17.8 Å². The minimum atomic E-state index is -0.600. The third kappa shape index (κ3) is 7.72. The molecule has 0 aromatic heterocycles. The summed E-state index contributed by atoms with van der Waals surface area (Å²) in [6.07, 6.45) is 4.04. The van der Waals surface area contributed by atoms with E-state index < -0.39 is 23.6 Å². The summed E-state index contributed by atoms with van der Waals surface area (Å²) < 4.78 is 11.0. The van der Waals surface area contributed by atoms with Gasteiger partial charge in [-0.15, -0.1) is 0 Å². The van der Waals surface area contributed by atoms with Crippen LogP contribution in [0.1, 0.15) is 58.6 Å². The van der Waals surface area contributed by atoms with Crippen LogP contribution in [-0.4, -0.2) is 30.0 Å². The van der Waals surface area contributed by atoms with E-state index in [0.717, 1.165) is 5.56 Å². The third-order valence-corrected chi connectivity index (χ3v) is 4.57. The number of benzene rings is 1. The van der Waals surface area contributed by atoms with Crippen molar-refractivity contribution in [3.63, 3.8) is 0 Å². The van der Waals surface area contributed by atoms with Crippen LogP contribution in [0.15, 0.2) is 42.5 Å². The number of allylic oxidation sites excluding steroid dienone is 2. The molecule has 0 spiro atoms. The fraction of sp³-hybridized carbons (Fsp3) is 0.522. The summed E-state index contributed by atoms with van der Waals surface area (Å²) in [5.41, 5.74) is 0.209. The maximum Gasteiger partial charge on any atom is 0.309 e. The summed E-state index contributed by atoms with van der Waals surface area (Å²) >= 11 is 0. The van der Waals surface area contributed by atoms with E-state index in [-0.39, 0.29) is 30.8 Å². The molecular weight excluding hydrogens is 370 g/mol. The van der Waals surface area contributed by atoms with Crippen molar-refractivity contribution in [2.75, 3.05) is 6.54 Å². The lowest BCUT2D eigenvalue weighted by atomic mass is 9.98. The molecule has 1 amide bonds. The van der Waals surface area contributed by atoms with Gasteiger partial charge in [0.2, 0.25) is 5.91 Å². The lowest BCUT2D eigenvalue weighted by Crippen LogP contribution is -2.37. The van der Waals surface area contributed by atoms with Crippen LogP contribution in [-0.2, 0) is 23.9 Å². The van der Waals surface area contributed by atoms with E-state index in [4.69, 9.17) is 9.47 Å². The zero-order chi connectivity index (χ0) is 21.4. The molecule has 3 atom stereocenters. The van der Waals surface area contributed by atoms with Crippen molar-refractivity contribution in [3.8, 4) is 0 Å². The van der Waals surface area contributed by atoms with Crippen molar-refractivity contribution in [1.29, 1.82) is 0 Å². The Balaban J connectivity index is 2.17. The van der Waals surface area contributed by atoms with Crippen LogP contribution >= 0.6 is 0 Å². The topological polar surface area (TPSA) is 81.7 Å². The number of amides is 1. The number of hydrogen-bond donors (Lipinski definition) is 1. The highest BCUT2D eigenvalue weighted by atomic mass is 16.6. The first kappa shape index (κ1) is 22.7. The second-order valence-corrected chi connectivity index (χ2v) is 8.41. The smallest absolute Gasteiger partial charge is 0.309 e. The van der Waals surface area contributed by atoms with Crippen LogP contribution in [0.3, 0.4) is 0 Å². The maximum atomic E-state index is 12.8. The molecule has 0 aliphatic carbocycles. The second kappa shape index (κ2) is 10.2. The molecule has 1 heterocycles. The van der Waals surface area contributed by atoms with E-state index in [0.29, 0.717) is 12.8 Å². The van der Waals surface area contributed by atoms with Crippen LogP contribution in [0.4, 0.5) is 0 Å². The number of carbonyl (C=O) groups excluding carboxylic acids is 3. The molecule has 1 N–H and O–H groups in total. The zero-order valence-electron chi connectivity index (χ0n) is 17.6. The molecule has 0 radical (unpaired) electrons. The quantitative estimate of drug-likeness (QED) is 0.617. The zero-order valence-corrected chi connectivity index (χ0v) is 17.6. The molecular formula is C23H31NO5. The molecule has 29 heavy (non-hydrogen) atoms. The van der Waals surface area contributed by atoms with Gasteiger partial charge in [0.15, 0.2) is 0 Å². The number of carbonyl (C=O) groups is 3. The van der Waals surface area contributed by atoms with Gasteiger partial charge in [0.1, 0.15) is 11.7 Å². The summed E-state index contributed by atoms with van der Waals surface area (Å²) in [4.78, 5) is 37.4. The number of nitrogens with one attached hydrogen (secondary N) is 1. The molecule has 0 saturated carbocycles. The molecule has 158 valence electrons. The summed E-state index contributed by atoms with van der Waals surface area (Å²) in [5.74, 6) is -1.80. The Morgan fingerprint density at radius 2 is 1.79 bits per heavy atom. The summed E-state index contributed by atoms with van der Waals surface area (Å²) in [7, 11) is 0. The molecule has 0 saturated heterocycles. The standard InChI is InChI=1S/C23H31NO5/c1-16-10-8-9-13-18(14-20(25)29-23(2,3)4)21(26)24-15-19(28-22(16)27)17-11-6-5-7-12-17/h5-9,11-12,16,18-19H,10,13-15H2,1-4H3,(H,24,26)/t16-,18-,19-/m0/s1. The van der Waals surface area contributed by atoms with Crippen molar-refractivity contribution < 1.29 is 23.9 Å². The van der Waals surface area contributed by atoms with Crippen molar-refractivity contribution in [2.45, 2.75) is 58.7 Å². The Bertz CT molecular complexity index is 735. The Morgan fingerprint density at radius 1 is 1.14 bits per heavy atom. The summed E-state index contributed by atoms with van der Waals surface area (Å²) in [6.45, 7) is 7.36. The van der Waals surface area contributed by atoms with Gasteiger partial charge in [-0.25, -0.2) is 0 Å². The lowest BCUT2D eigenvalue weighted by molar-refractivity contribution is -0.157. The van der Waals surface area contributed by atoms with Gasteiger partial charge >= 0.3 is 11.9 Å². The number of cyclic esters (lactones) is 1. The largest absolute Gasteiger partial charge is 0.460 e. The van der Waals surface area contributed by atoms with Gasteiger partial charge in [-0.2, -0.15) is 0 Å². The summed E-state index contributed by atoms with van der Waals surface area (Å²) in [6, 6.07) is 9.32. The molecule has 0 fully saturated rings. The van der Waals surface area contributed by atoms with E-state index in [1.165, 1.54) is 0 Å². The first-order chi connectivity index (χ1) is 13.7. The maximum absolute atomic E-state index is 12.8. The Hall–Kier alpha value is -2.63. The highest BCUT2D eigenvalue weighted by molar-refractivity contribution is 5.84. The normalized spacial score (nSPS) is 23.9. The van der Waals surface area contributed by atoms with E-state index in [9.17, 15) is 14.4 Å². The molecule has 0 unspecified atom stereocenters. The van der Waals surface area contributed by atoms with Crippen LogP contribution in [0.2, 0.25) is 0 Å². The van der Waals surface area contributed by atoms with Crippen molar-refractivity contribution in [3.05, 3.63) is 48.0 Å². The molecule has 6 heteroatoms. The number of ether oxygens (including phenoxy) is 2. The molecule has 1 aromatic rings. The van der Waals surface area contributed by atoms with E-state index in [2.05, 4.69) is 5.32 Å². The van der Waals surface area contributed by atoms with Gasteiger partial charge in [0, 0.05) is 0 Å². The van der Waals surface area contributed by atoms with Crippen molar-refractivity contribution in [2.24, 2.45) is 11.8 Å². The summed E-state index contributed by atoms with van der Waals surface area (Å²) in [5, 5.41) is 2.84. The van der Waals surface area contributed by atoms with E-state index >= 15 is 0 Å². The predicted molar refractivity (Wildman–Crippen MR) is 110 cm³/mol. The average Bonchev–Trinajstić information content (AvgIpc) is 2.65. The molecule has 0 bridgehead atoms.